The molecule has 0 aliphatic heterocycles. The summed E-state index contributed by atoms with van der Waals surface area (Å²) in [6.45, 7) is 2.42. The third-order valence-electron chi connectivity index (χ3n) is 2.37. The van der Waals surface area contributed by atoms with E-state index in [1.807, 2.05) is 31.2 Å². The van der Waals surface area contributed by atoms with Crippen molar-refractivity contribution in [1.82, 2.24) is 5.32 Å². The van der Waals surface area contributed by atoms with Crippen LogP contribution < -0.4 is 10.1 Å². The molecule has 1 aromatic carbocycles. The fourth-order valence-corrected chi connectivity index (χ4v) is 1.64. The Balaban J connectivity index is 2.55. The molecule has 94 valence electrons. The van der Waals surface area contributed by atoms with Gasteiger partial charge in [-0.05, 0) is 13.0 Å². The van der Waals surface area contributed by atoms with Crippen LogP contribution in [0.5, 0.6) is 5.75 Å². The summed E-state index contributed by atoms with van der Waals surface area (Å²) >= 11 is 0. The molecule has 0 fully saturated rings. The molecule has 0 unspecified atom stereocenters. The molecule has 1 amide bonds. The molecule has 4 heteroatoms. The number of carbonyl (C=O) groups is 1. The van der Waals surface area contributed by atoms with Gasteiger partial charge in [-0.1, -0.05) is 18.2 Å². The highest BCUT2D eigenvalue weighted by atomic mass is 16.5. The molecule has 4 nitrogen and oxygen atoms in total. The van der Waals surface area contributed by atoms with Gasteiger partial charge in [0, 0.05) is 18.7 Å². The molecule has 0 heterocycles. The van der Waals surface area contributed by atoms with Crippen molar-refractivity contribution in [3.63, 3.8) is 0 Å². The number of benzene rings is 1. The summed E-state index contributed by atoms with van der Waals surface area (Å²) in [4.78, 5) is 11.7. The van der Waals surface area contributed by atoms with E-state index in [0.29, 0.717) is 13.0 Å². The van der Waals surface area contributed by atoms with Crippen LogP contribution in [0.3, 0.4) is 0 Å². The summed E-state index contributed by atoms with van der Waals surface area (Å²) in [6, 6.07) is 7.53. The van der Waals surface area contributed by atoms with E-state index in [1.54, 1.807) is 14.2 Å². The number of amides is 1. The number of hydrogen-bond donors (Lipinski definition) is 1. The normalized spacial score (nSPS) is 11.9. The average molecular weight is 237 g/mol. The van der Waals surface area contributed by atoms with Crippen molar-refractivity contribution in [2.24, 2.45) is 0 Å². The van der Waals surface area contributed by atoms with Gasteiger partial charge in [-0.2, -0.15) is 0 Å². The van der Waals surface area contributed by atoms with Crippen molar-refractivity contribution in [3.8, 4) is 5.75 Å². The molecule has 0 saturated heterocycles. The molecule has 0 radical (unpaired) electrons. The second kappa shape index (κ2) is 6.91. The Labute approximate surface area is 102 Å². The Bertz CT molecular complexity index is 365. The zero-order valence-corrected chi connectivity index (χ0v) is 10.5. The molecule has 0 aliphatic carbocycles. The maximum Gasteiger partial charge on any atom is 0.224 e. The standard InChI is InChI=1S/C13H19NO3/c1-10(9-16-2)14-13(15)8-11-6-4-5-7-12(11)17-3/h4-7,10H,8-9H2,1-3H3,(H,14,15)/t10-/m0/s1. The molecule has 0 spiro atoms. The molecule has 17 heavy (non-hydrogen) atoms. The lowest BCUT2D eigenvalue weighted by molar-refractivity contribution is -0.121. The van der Waals surface area contributed by atoms with Crippen LogP contribution in [-0.2, 0) is 16.0 Å². The molecule has 1 N–H and O–H groups in total. The Morgan fingerprint density at radius 2 is 2.06 bits per heavy atom. The Kier molecular flexibility index (Phi) is 5.49. The summed E-state index contributed by atoms with van der Waals surface area (Å²) in [6.07, 6.45) is 0.318. The second-order valence-corrected chi connectivity index (χ2v) is 3.91. The van der Waals surface area contributed by atoms with Crippen LogP contribution in [0, 0.1) is 0 Å². The third-order valence-corrected chi connectivity index (χ3v) is 2.37. The van der Waals surface area contributed by atoms with Crippen LogP contribution in [0.2, 0.25) is 0 Å². The Morgan fingerprint density at radius 1 is 1.35 bits per heavy atom. The number of rotatable bonds is 6. The molecule has 1 aromatic rings. The number of ether oxygens (including phenoxy) is 2. The molecule has 0 aromatic heterocycles. The van der Waals surface area contributed by atoms with Gasteiger partial charge in [0.1, 0.15) is 5.75 Å². The van der Waals surface area contributed by atoms with E-state index in [4.69, 9.17) is 9.47 Å². The lowest BCUT2D eigenvalue weighted by atomic mass is 10.1. The van der Waals surface area contributed by atoms with Gasteiger partial charge in [0.15, 0.2) is 0 Å². The highest BCUT2D eigenvalue weighted by Gasteiger charge is 2.10. The summed E-state index contributed by atoms with van der Waals surface area (Å²) in [7, 11) is 3.22. The van der Waals surface area contributed by atoms with E-state index < -0.39 is 0 Å². The maximum atomic E-state index is 11.7. The van der Waals surface area contributed by atoms with Crippen molar-refractivity contribution >= 4 is 5.91 Å². The van der Waals surface area contributed by atoms with Gasteiger partial charge in [-0.15, -0.1) is 0 Å². The first-order valence-corrected chi connectivity index (χ1v) is 5.57. The minimum Gasteiger partial charge on any atom is -0.496 e. The highest BCUT2D eigenvalue weighted by Crippen LogP contribution is 2.17. The zero-order chi connectivity index (χ0) is 12.7. The number of methoxy groups -OCH3 is 2. The van der Waals surface area contributed by atoms with Gasteiger partial charge >= 0.3 is 0 Å². The van der Waals surface area contributed by atoms with Gasteiger partial charge in [-0.25, -0.2) is 0 Å². The molecular weight excluding hydrogens is 218 g/mol. The zero-order valence-electron chi connectivity index (χ0n) is 10.5. The van der Waals surface area contributed by atoms with Gasteiger partial charge in [0.2, 0.25) is 5.91 Å². The van der Waals surface area contributed by atoms with Gasteiger partial charge in [0.05, 0.1) is 20.1 Å². The maximum absolute atomic E-state index is 11.7. The third kappa shape index (κ3) is 4.44. The van der Waals surface area contributed by atoms with E-state index in [-0.39, 0.29) is 11.9 Å². The molecular formula is C13H19NO3. The Hall–Kier alpha value is -1.55. The summed E-state index contributed by atoms with van der Waals surface area (Å²) in [5, 5.41) is 2.86. The van der Waals surface area contributed by atoms with Gasteiger partial charge < -0.3 is 14.8 Å². The minimum absolute atomic E-state index is 0.0159. The monoisotopic (exact) mass is 237 g/mol. The summed E-state index contributed by atoms with van der Waals surface area (Å²) in [5.74, 6) is 0.709. The minimum atomic E-state index is -0.0287. The topological polar surface area (TPSA) is 47.6 Å². The molecule has 1 rings (SSSR count). The highest BCUT2D eigenvalue weighted by molar-refractivity contribution is 5.79. The predicted molar refractivity (Wildman–Crippen MR) is 66.2 cm³/mol. The van der Waals surface area contributed by atoms with E-state index in [2.05, 4.69) is 5.32 Å². The summed E-state index contributed by atoms with van der Waals surface area (Å²) in [5.41, 5.74) is 0.886. The first-order chi connectivity index (χ1) is 8.17. The van der Waals surface area contributed by atoms with Crippen molar-refractivity contribution in [1.29, 1.82) is 0 Å². The van der Waals surface area contributed by atoms with Crippen LogP contribution in [0.15, 0.2) is 24.3 Å². The number of para-hydroxylation sites is 1. The van der Waals surface area contributed by atoms with Crippen LogP contribution in [-0.4, -0.2) is 32.8 Å². The van der Waals surface area contributed by atoms with Crippen LogP contribution in [0.1, 0.15) is 12.5 Å². The molecule has 0 bridgehead atoms. The summed E-state index contributed by atoms with van der Waals surface area (Å²) < 4.78 is 10.2. The molecule has 1 atom stereocenters. The van der Waals surface area contributed by atoms with Crippen LogP contribution >= 0.6 is 0 Å². The Morgan fingerprint density at radius 3 is 2.71 bits per heavy atom. The lowest BCUT2D eigenvalue weighted by Gasteiger charge is -2.13. The molecule has 0 aliphatic rings. The first kappa shape index (κ1) is 13.5. The van der Waals surface area contributed by atoms with Gasteiger partial charge in [-0.3, -0.25) is 4.79 Å². The van der Waals surface area contributed by atoms with Crippen LogP contribution in [0.25, 0.3) is 0 Å². The number of nitrogens with one attached hydrogen (secondary N) is 1. The smallest absolute Gasteiger partial charge is 0.224 e. The van der Waals surface area contributed by atoms with Crippen molar-refractivity contribution in [2.75, 3.05) is 20.8 Å². The number of hydrogen-bond acceptors (Lipinski definition) is 3. The van der Waals surface area contributed by atoms with Crippen molar-refractivity contribution in [2.45, 2.75) is 19.4 Å². The van der Waals surface area contributed by atoms with Crippen molar-refractivity contribution in [3.05, 3.63) is 29.8 Å². The lowest BCUT2D eigenvalue weighted by Crippen LogP contribution is -2.36. The first-order valence-electron chi connectivity index (χ1n) is 5.57. The van der Waals surface area contributed by atoms with E-state index in [1.165, 1.54) is 0 Å². The fourth-order valence-electron chi connectivity index (χ4n) is 1.64. The van der Waals surface area contributed by atoms with E-state index in [0.717, 1.165) is 11.3 Å². The predicted octanol–water partition coefficient (Wildman–Crippen LogP) is 1.39. The SMILES string of the molecule is COC[C@H](C)NC(=O)Cc1ccccc1OC. The second-order valence-electron chi connectivity index (χ2n) is 3.91. The van der Waals surface area contributed by atoms with E-state index in [9.17, 15) is 4.79 Å². The van der Waals surface area contributed by atoms with Gasteiger partial charge in [0.25, 0.3) is 0 Å². The van der Waals surface area contributed by atoms with E-state index >= 15 is 0 Å². The average Bonchev–Trinajstić information content (AvgIpc) is 2.29. The fraction of sp³-hybridized carbons (Fsp3) is 0.462. The van der Waals surface area contributed by atoms with Crippen molar-refractivity contribution < 1.29 is 14.3 Å². The largest absolute Gasteiger partial charge is 0.496 e. The molecule has 0 saturated carbocycles. The number of carbonyl (C=O) groups excluding carboxylic acids is 1. The quantitative estimate of drug-likeness (QED) is 0.813. The van der Waals surface area contributed by atoms with Crippen LogP contribution in [0.4, 0.5) is 0 Å².